The Balaban J connectivity index is 1.50. The van der Waals surface area contributed by atoms with Crippen molar-refractivity contribution in [2.45, 2.75) is 56.4 Å². The van der Waals surface area contributed by atoms with E-state index in [9.17, 15) is 18.0 Å². The SMILES string of the molecule is Cc1nnc(SCC(=O)Nc2cc(C(F)(F)F)ccc2-n2cncn2)n1C1CCCCC1. The Labute approximate surface area is 186 Å². The van der Waals surface area contributed by atoms with E-state index in [1.807, 2.05) is 6.92 Å². The van der Waals surface area contributed by atoms with Crippen molar-refractivity contribution in [2.24, 2.45) is 0 Å². The molecule has 1 fully saturated rings. The second kappa shape index (κ2) is 9.31. The van der Waals surface area contributed by atoms with Gasteiger partial charge < -0.3 is 9.88 Å². The largest absolute Gasteiger partial charge is 0.416 e. The topological polar surface area (TPSA) is 90.5 Å². The molecule has 170 valence electrons. The summed E-state index contributed by atoms with van der Waals surface area (Å²) in [6, 6.07) is 3.40. The summed E-state index contributed by atoms with van der Waals surface area (Å²) in [6.07, 6.45) is 3.67. The normalized spacial score (nSPS) is 15.1. The number of hydrogen-bond acceptors (Lipinski definition) is 6. The third-order valence-electron chi connectivity index (χ3n) is 5.37. The fourth-order valence-electron chi connectivity index (χ4n) is 3.87. The van der Waals surface area contributed by atoms with Gasteiger partial charge in [-0.1, -0.05) is 31.0 Å². The summed E-state index contributed by atoms with van der Waals surface area (Å²) in [6.45, 7) is 1.89. The maximum absolute atomic E-state index is 13.2. The number of thioether (sulfide) groups is 1. The van der Waals surface area contributed by atoms with Crippen molar-refractivity contribution in [1.82, 2.24) is 29.5 Å². The van der Waals surface area contributed by atoms with E-state index < -0.39 is 17.6 Å². The van der Waals surface area contributed by atoms with Crippen LogP contribution in [-0.2, 0) is 11.0 Å². The van der Waals surface area contributed by atoms with Crippen molar-refractivity contribution >= 4 is 23.4 Å². The van der Waals surface area contributed by atoms with Gasteiger partial charge in [-0.3, -0.25) is 4.79 Å². The van der Waals surface area contributed by atoms with Gasteiger partial charge in [0, 0.05) is 6.04 Å². The Morgan fingerprint density at radius 1 is 1.22 bits per heavy atom. The number of carbonyl (C=O) groups excluding carboxylic acids is 1. The van der Waals surface area contributed by atoms with Crippen LogP contribution in [0.25, 0.3) is 5.69 Å². The molecular formula is C20H22F3N7OS. The van der Waals surface area contributed by atoms with E-state index in [2.05, 4.69) is 30.2 Å². The molecule has 0 aliphatic heterocycles. The smallest absolute Gasteiger partial charge is 0.323 e. The molecule has 12 heteroatoms. The van der Waals surface area contributed by atoms with E-state index in [1.165, 1.54) is 41.6 Å². The molecule has 2 heterocycles. The average molecular weight is 466 g/mol. The van der Waals surface area contributed by atoms with Gasteiger partial charge >= 0.3 is 6.18 Å². The quantitative estimate of drug-likeness (QED) is 0.542. The molecule has 1 saturated carbocycles. The minimum atomic E-state index is -4.54. The Bertz CT molecular complexity index is 1080. The summed E-state index contributed by atoms with van der Waals surface area (Å²) >= 11 is 1.22. The summed E-state index contributed by atoms with van der Waals surface area (Å²) in [4.78, 5) is 16.5. The first-order valence-corrected chi connectivity index (χ1v) is 11.2. The molecule has 8 nitrogen and oxygen atoms in total. The zero-order valence-electron chi connectivity index (χ0n) is 17.3. The van der Waals surface area contributed by atoms with Gasteiger partial charge in [0.05, 0.1) is 22.7 Å². The molecule has 1 amide bonds. The van der Waals surface area contributed by atoms with Crippen molar-refractivity contribution in [3.63, 3.8) is 0 Å². The van der Waals surface area contributed by atoms with Crippen LogP contribution < -0.4 is 5.32 Å². The zero-order valence-corrected chi connectivity index (χ0v) is 18.2. The van der Waals surface area contributed by atoms with Crippen molar-refractivity contribution in [2.75, 3.05) is 11.1 Å². The highest BCUT2D eigenvalue weighted by molar-refractivity contribution is 7.99. The molecule has 0 saturated heterocycles. The number of aryl methyl sites for hydroxylation is 1. The van der Waals surface area contributed by atoms with Gasteiger partial charge in [-0.2, -0.15) is 18.3 Å². The molecule has 2 aromatic heterocycles. The lowest BCUT2D eigenvalue weighted by Gasteiger charge is -2.24. The molecule has 1 N–H and O–H groups in total. The van der Waals surface area contributed by atoms with Gasteiger partial charge in [-0.25, -0.2) is 9.67 Å². The molecule has 1 aromatic carbocycles. The Morgan fingerprint density at radius 2 is 2.00 bits per heavy atom. The van der Waals surface area contributed by atoms with Crippen LogP contribution in [0.4, 0.5) is 18.9 Å². The van der Waals surface area contributed by atoms with E-state index in [0.717, 1.165) is 43.6 Å². The van der Waals surface area contributed by atoms with Crippen LogP contribution in [0.15, 0.2) is 36.0 Å². The van der Waals surface area contributed by atoms with Gasteiger partial charge in [0.15, 0.2) is 5.16 Å². The third kappa shape index (κ3) is 4.95. The standard InChI is InChI=1S/C20H22F3N7OS/c1-13-27-28-19(30(13)15-5-3-2-4-6-15)32-10-18(31)26-16-9-14(20(21,22)23)7-8-17(16)29-12-24-11-25-29/h7-9,11-12,15H,2-6,10H2,1H3,(H,26,31). The number of amides is 1. The molecule has 32 heavy (non-hydrogen) atoms. The number of aromatic nitrogens is 6. The maximum atomic E-state index is 13.2. The highest BCUT2D eigenvalue weighted by Gasteiger charge is 2.31. The molecule has 0 bridgehead atoms. The fraction of sp³-hybridized carbons (Fsp3) is 0.450. The highest BCUT2D eigenvalue weighted by atomic mass is 32.2. The Kier molecular flexibility index (Phi) is 6.49. The number of carbonyl (C=O) groups is 1. The summed E-state index contributed by atoms with van der Waals surface area (Å²) in [7, 11) is 0. The van der Waals surface area contributed by atoms with Crippen molar-refractivity contribution in [1.29, 1.82) is 0 Å². The zero-order chi connectivity index (χ0) is 22.7. The maximum Gasteiger partial charge on any atom is 0.416 e. The highest BCUT2D eigenvalue weighted by Crippen LogP contribution is 2.34. The Morgan fingerprint density at radius 3 is 2.69 bits per heavy atom. The first-order valence-electron chi connectivity index (χ1n) is 10.2. The van der Waals surface area contributed by atoms with Crippen LogP contribution in [0.3, 0.4) is 0 Å². The van der Waals surface area contributed by atoms with E-state index in [1.54, 1.807) is 0 Å². The summed E-state index contributed by atoms with van der Waals surface area (Å²) < 4.78 is 43.0. The lowest BCUT2D eigenvalue weighted by molar-refractivity contribution is -0.137. The molecule has 3 aromatic rings. The molecule has 1 aliphatic rings. The molecule has 0 unspecified atom stereocenters. The van der Waals surface area contributed by atoms with Crippen LogP contribution in [0, 0.1) is 6.92 Å². The summed E-state index contributed by atoms with van der Waals surface area (Å²) in [5.41, 5.74) is -0.576. The average Bonchev–Trinajstić information content (AvgIpc) is 3.42. The van der Waals surface area contributed by atoms with Crippen LogP contribution in [0.5, 0.6) is 0 Å². The van der Waals surface area contributed by atoms with E-state index >= 15 is 0 Å². The van der Waals surface area contributed by atoms with E-state index in [4.69, 9.17) is 0 Å². The molecule has 0 atom stereocenters. The number of nitrogens with zero attached hydrogens (tertiary/aromatic N) is 6. The third-order valence-corrected chi connectivity index (χ3v) is 6.31. The predicted molar refractivity (Wildman–Crippen MR) is 113 cm³/mol. The number of alkyl halides is 3. The van der Waals surface area contributed by atoms with Crippen LogP contribution in [0.1, 0.15) is 49.5 Å². The van der Waals surface area contributed by atoms with Crippen LogP contribution in [0.2, 0.25) is 0 Å². The second-order valence-corrected chi connectivity index (χ2v) is 8.54. The lowest BCUT2D eigenvalue weighted by atomic mass is 9.95. The van der Waals surface area contributed by atoms with Gasteiger partial charge in [0.1, 0.15) is 18.5 Å². The Hall–Kier alpha value is -2.89. The van der Waals surface area contributed by atoms with Crippen molar-refractivity contribution in [3.8, 4) is 5.69 Å². The fourth-order valence-corrected chi connectivity index (χ4v) is 4.72. The minimum Gasteiger partial charge on any atom is -0.323 e. The molecular weight excluding hydrogens is 443 g/mol. The molecule has 4 rings (SSSR count). The first kappa shape index (κ1) is 22.3. The first-order chi connectivity index (χ1) is 15.3. The predicted octanol–water partition coefficient (Wildman–Crippen LogP) is 4.42. The number of benzene rings is 1. The van der Waals surface area contributed by atoms with Gasteiger partial charge in [0.25, 0.3) is 0 Å². The van der Waals surface area contributed by atoms with Crippen molar-refractivity contribution < 1.29 is 18.0 Å². The number of anilines is 1. The number of hydrogen-bond donors (Lipinski definition) is 1. The lowest BCUT2D eigenvalue weighted by Crippen LogP contribution is -2.19. The monoisotopic (exact) mass is 465 g/mol. The number of halogens is 3. The van der Waals surface area contributed by atoms with Crippen molar-refractivity contribution in [3.05, 3.63) is 42.2 Å². The molecule has 0 spiro atoms. The summed E-state index contributed by atoms with van der Waals surface area (Å²) in [5, 5.41) is 15.5. The summed E-state index contributed by atoms with van der Waals surface area (Å²) in [5.74, 6) is 0.329. The molecule has 1 aliphatic carbocycles. The van der Waals surface area contributed by atoms with Crippen LogP contribution >= 0.6 is 11.8 Å². The second-order valence-electron chi connectivity index (χ2n) is 7.60. The van der Waals surface area contributed by atoms with Gasteiger partial charge in [-0.05, 0) is 38.0 Å². The number of rotatable bonds is 6. The molecule has 0 radical (unpaired) electrons. The van der Waals surface area contributed by atoms with Crippen LogP contribution in [-0.4, -0.2) is 41.2 Å². The minimum absolute atomic E-state index is 0.000790. The van der Waals surface area contributed by atoms with Gasteiger partial charge in [-0.15, -0.1) is 10.2 Å². The number of nitrogens with one attached hydrogen (secondary N) is 1. The van der Waals surface area contributed by atoms with E-state index in [-0.39, 0.29) is 17.1 Å². The van der Waals surface area contributed by atoms with Gasteiger partial charge in [0.2, 0.25) is 5.91 Å². The van der Waals surface area contributed by atoms with E-state index in [0.29, 0.717) is 11.2 Å².